The maximum Gasteiger partial charge on any atom is 0.169 e. The summed E-state index contributed by atoms with van der Waals surface area (Å²) < 4.78 is 0. The van der Waals surface area contributed by atoms with Gasteiger partial charge in [-0.25, -0.2) is 4.98 Å². The summed E-state index contributed by atoms with van der Waals surface area (Å²) in [7, 11) is 0. The maximum absolute atomic E-state index is 11.9. The zero-order valence-corrected chi connectivity index (χ0v) is 23.4. The molecule has 7 aromatic rings. The van der Waals surface area contributed by atoms with Gasteiger partial charge in [0.1, 0.15) is 17.4 Å². The number of H-pyrrole nitrogens is 2. The van der Waals surface area contributed by atoms with Crippen LogP contribution >= 0.6 is 11.3 Å². The van der Waals surface area contributed by atoms with Gasteiger partial charge in [-0.15, -0.1) is 11.3 Å². The standard InChI is InChI=1S/C33H26N6O2S/c1-19(40)29-12-13-30(42-29)23-8-5-9-26-24(23)16-28(36-26)33-32-27(38-39-33)11-10-25(37-32)21-15-22(18-34-17-21)35-31(41)14-20-6-3-2-4-7-20/h2-13,15-18,31,35-36,41H,14H2,1H3,(H,38,39). The Morgan fingerprint density at radius 1 is 0.976 bits per heavy atom. The molecule has 8 nitrogen and oxygen atoms in total. The maximum atomic E-state index is 11.9. The number of benzene rings is 2. The molecule has 0 amide bonds. The largest absolute Gasteiger partial charge is 0.373 e. The summed E-state index contributed by atoms with van der Waals surface area (Å²) in [5.41, 5.74) is 8.45. The summed E-state index contributed by atoms with van der Waals surface area (Å²) in [5, 5.41) is 22.5. The van der Waals surface area contributed by atoms with Crippen molar-refractivity contribution >= 4 is 44.7 Å². The molecule has 2 aromatic carbocycles. The predicted octanol–water partition coefficient (Wildman–Crippen LogP) is 7.07. The number of carbonyl (C=O) groups excluding carboxylic acids is 1. The fourth-order valence-corrected chi connectivity index (χ4v) is 6.10. The van der Waals surface area contributed by atoms with E-state index in [9.17, 15) is 9.90 Å². The summed E-state index contributed by atoms with van der Waals surface area (Å²) in [6.07, 6.45) is 3.17. The second kappa shape index (κ2) is 10.7. The van der Waals surface area contributed by atoms with E-state index in [4.69, 9.17) is 4.98 Å². The molecule has 0 aliphatic rings. The Balaban J connectivity index is 1.20. The molecule has 206 valence electrons. The molecule has 0 saturated heterocycles. The van der Waals surface area contributed by atoms with Crippen molar-refractivity contribution in [3.63, 3.8) is 0 Å². The van der Waals surface area contributed by atoms with Crippen molar-refractivity contribution in [2.24, 2.45) is 0 Å². The summed E-state index contributed by atoms with van der Waals surface area (Å²) in [4.78, 5) is 26.5. The molecule has 9 heteroatoms. The van der Waals surface area contributed by atoms with Crippen molar-refractivity contribution in [3.8, 4) is 33.1 Å². The molecule has 0 spiro atoms. The SMILES string of the molecule is CC(=O)c1ccc(-c2cccc3[nH]c(-c4n[nH]c5ccc(-c6cncc(NC(O)Cc7ccccc7)c6)nc45)cc23)s1. The Morgan fingerprint density at radius 3 is 2.69 bits per heavy atom. The van der Waals surface area contributed by atoms with E-state index >= 15 is 0 Å². The van der Waals surface area contributed by atoms with Crippen LogP contribution in [0.3, 0.4) is 0 Å². The summed E-state index contributed by atoms with van der Waals surface area (Å²) in [5.74, 6) is 0.0675. The molecule has 0 aliphatic carbocycles. The van der Waals surface area contributed by atoms with Crippen LogP contribution in [0.2, 0.25) is 0 Å². The normalized spacial score (nSPS) is 12.1. The monoisotopic (exact) mass is 570 g/mol. The van der Waals surface area contributed by atoms with Crippen LogP contribution in [-0.4, -0.2) is 42.3 Å². The summed E-state index contributed by atoms with van der Waals surface area (Å²) >= 11 is 1.50. The van der Waals surface area contributed by atoms with Crippen LogP contribution < -0.4 is 5.32 Å². The number of Topliss-reactive ketones (excluding diaryl/α,β-unsaturated/α-hetero) is 1. The van der Waals surface area contributed by atoms with E-state index in [-0.39, 0.29) is 5.78 Å². The van der Waals surface area contributed by atoms with Crippen LogP contribution in [-0.2, 0) is 6.42 Å². The lowest BCUT2D eigenvalue weighted by molar-refractivity contribution is 0.102. The molecule has 0 saturated carbocycles. The number of aromatic nitrogens is 5. The number of anilines is 1. The molecule has 4 N–H and O–H groups in total. The van der Waals surface area contributed by atoms with Gasteiger partial charge < -0.3 is 15.4 Å². The average Bonchev–Trinajstić information content (AvgIpc) is 3.75. The molecule has 0 fully saturated rings. The number of thiophene rings is 1. The van der Waals surface area contributed by atoms with Gasteiger partial charge in [-0.1, -0.05) is 42.5 Å². The molecule has 0 aliphatic heterocycles. The highest BCUT2D eigenvalue weighted by molar-refractivity contribution is 7.17. The van der Waals surface area contributed by atoms with E-state index in [0.717, 1.165) is 59.8 Å². The van der Waals surface area contributed by atoms with E-state index in [1.54, 1.807) is 19.3 Å². The van der Waals surface area contributed by atoms with Gasteiger partial charge in [0, 0.05) is 39.5 Å². The van der Waals surface area contributed by atoms with Crippen molar-refractivity contribution in [3.05, 3.63) is 108 Å². The van der Waals surface area contributed by atoms with Gasteiger partial charge in [-0.05, 0) is 55.0 Å². The lowest BCUT2D eigenvalue weighted by Crippen LogP contribution is -2.21. The molecule has 1 atom stereocenters. The number of hydrogen-bond acceptors (Lipinski definition) is 7. The van der Waals surface area contributed by atoms with Gasteiger partial charge in [-0.3, -0.25) is 14.9 Å². The molecule has 1 unspecified atom stereocenters. The topological polar surface area (TPSA) is 120 Å². The number of fused-ring (bicyclic) bond motifs is 2. The number of ketones is 1. The predicted molar refractivity (Wildman–Crippen MR) is 168 cm³/mol. The van der Waals surface area contributed by atoms with Crippen LogP contribution in [0.5, 0.6) is 0 Å². The lowest BCUT2D eigenvalue weighted by Gasteiger charge is -2.14. The first kappa shape index (κ1) is 25.8. The first-order valence-electron chi connectivity index (χ1n) is 13.5. The van der Waals surface area contributed by atoms with Gasteiger partial charge in [0.15, 0.2) is 5.78 Å². The lowest BCUT2D eigenvalue weighted by atomic mass is 10.1. The number of aromatic amines is 2. The quantitative estimate of drug-likeness (QED) is 0.115. The van der Waals surface area contributed by atoms with E-state index < -0.39 is 6.23 Å². The fraction of sp³-hybridized carbons (Fsp3) is 0.0909. The third-order valence-electron chi connectivity index (χ3n) is 7.18. The van der Waals surface area contributed by atoms with E-state index in [2.05, 4.69) is 37.6 Å². The zero-order valence-electron chi connectivity index (χ0n) is 22.6. The number of carbonyl (C=O) groups is 1. The molecule has 7 rings (SSSR count). The number of rotatable bonds is 8. The number of hydrogen-bond donors (Lipinski definition) is 4. The zero-order chi connectivity index (χ0) is 28.6. The third kappa shape index (κ3) is 4.96. The molecule has 0 bridgehead atoms. The van der Waals surface area contributed by atoms with Crippen LogP contribution in [0.25, 0.3) is 55.0 Å². The van der Waals surface area contributed by atoms with Crippen LogP contribution in [0.4, 0.5) is 5.69 Å². The van der Waals surface area contributed by atoms with Gasteiger partial charge >= 0.3 is 0 Å². The number of nitrogens with zero attached hydrogens (tertiary/aromatic N) is 3. The van der Waals surface area contributed by atoms with Crippen molar-refractivity contribution in [1.29, 1.82) is 0 Å². The van der Waals surface area contributed by atoms with Crippen LogP contribution in [0.1, 0.15) is 22.2 Å². The third-order valence-corrected chi connectivity index (χ3v) is 8.40. The van der Waals surface area contributed by atoms with Crippen molar-refractivity contribution in [2.75, 3.05) is 5.32 Å². The Bertz CT molecular complexity index is 2060. The molecule has 5 heterocycles. The van der Waals surface area contributed by atoms with E-state index in [0.29, 0.717) is 17.8 Å². The summed E-state index contributed by atoms with van der Waals surface area (Å²) in [6, 6.07) is 27.7. The first-order chi connectivity index (χ1) is 20.5. The second-order valence-electron chi connectivity index (χ2n) is 10.1. The molecule has 42 heavy (non-hydrogen) atoms. The van der Waals surface area contributed by atoms with Crippen molar-refractivity contribution in [2.45, 2.75) is 19.6 Å². The molecule has 5 aromatic heterocycles. The minimum atomic E-state index is -0.754. The second-order valence-corrected chi connectivity index (χ2v) is 11.2. The van der Waals surface area contributed by atoms with Gasteiger partial charge in [-0.2, -0.15) is 5.10 Å². The smallest absolute Gasteiger partial charge is 0.169 e. The Labute approximate surface area is 245 Å². The van der Waals surface area contributed by atoms with Gasteiger partial charge in [0.05, 0.1) is 33.7 Å². The highest BCUT2D eigenvalue weighted by atomic mass is 32.1. The number of pyridine rings is 2. The molecule has 0 radical (unpaired) electrons. The van der Waals surface area contributed by atoms with E-state index in [1.165, 1.54) is 11.3 Å². The van der Waals surface area contributed by atoms with Crippen LogP contribution in [0.15, 0.2) is 97.3 Å². The number of aliphatic hydroxyl groups is 1. The Morgan fingerprint density at radius 2 is 1.86 bits per heavy atom. The van der Waals surface area contributed by atoms with Crippen molar-refractivity contribution < 1.29 is 9.90 Å². The van der Waals surface area contributed by atoms with Crippen LogP contribution in [0, 0.1) is 0 Å². The molecular formula is C33H26N6O2S. The van der Waals surface area contributed by atoms with Crippen molar-refractivity contribution in [1.82, 2.24) is 25.1 Å². The average molecular weight is 571 g/mol. The molecular weight excluding hydrogens is 544 g/mol. The first-order valence-corrected chi connectivity index (χ1v) is 14.4. The minimum Gasteiger partial charge on any atom is -0.373 e. The minimum absolute atomic E-state index is 0.0675. The van der Waals surface area contributed by atoms with E-state index in [1.807, 2.05) is 72.8 Å². The van der Waals surface area contributed by atoms with Gasteiger partial charge in [0.2, 0.25) is 0 Å². The fourth-order valence-electron chi connectivity index (χ4n) is 5.16. The highest BCUT2D eigenvalue weighted by Crippen LogP contribution is 2.37. The number of nitrogens with one attached hydrogen (secondary N) is 3. The van der Waals surface area contributed by atoms with Gasteiger partial charge in [0.25, 0.3) is 0 Å². The Hall–Kier alpha value is -5.12. The summed E-state index contributed by atoms with van der Waals surface area (Å²) in [6.45, 7) is 1.59. The Kier molecular flexibility index (Phi) is 6.58. The highest BCUT2D eigenvalue weighted by Gasteiger charge is 2.17. The number of aliphatic hydroxyl groups excluding tert-OH is 1.